The van der Waals surface area contributed by atoms with Gasteiger partial charge in [-0.15, -0.1) is 5.73 Å². The monoisotopic (exact) mass is 568 g/mol. The summed E-state index contributed by atoms with van der Waals surface area (Å²) in [6.45, 7) is 7.95. The lowest BCUT2D eigenvalue weighted by molar-refractivity contribution is 0.0692. The number of para-hydroxylation sites is 1. The molecule has 0 saturated heterocycles. The number of carbonyl (C=O) groups is 1. The first-order valence-corrected chi connectivity index (χ1v) is 15.5. The van der Waals surface area contributed by atoms with Gasteiger partial charge in [0.25, 0.3) is 0 Å². The van der Waals surface area contributed by atoms with Crippen LogP contribution in [-0.4, -0.2) is 24.2 Å². The molecule has 0 amide bonds. The Balaban J connectivity index is 1.82. The Hall–Kier alpha value is -3.82. The number of benzene rings is 3. The van der Waals surface area contributed by atoms with Crippen LogP contribution in [0.2, 0.25) is 0 Å². The van der Waals surface area contributed by atoms with Crippen LogP contribution in [-0.2, 0) is 0 Å². The lowest BCUT2D eigenvalue weighted by atomic mass is 9.79. The van der Waals surface area contributed by atoms with Crippen LogP contribution < -0.4 is 10.2 Å². The number of aryl methyl sites for hydroxylation is 1. The maximum atomic E-state index is 14.3. The van der Waals surface area contributed by atoms with Crippen molar-refractivity contribution in [1.82, 2.24) is 0 Å². The standard InChI is InChI=1S/C37H45FN2O2/c1-4-6-14-22-39-35-25-36(27(3)23-32(35)29-20-21-34(38)33(24-29)37(41)42)40(31-18-12-9-13-19-31)26-30(15-7-5-2)28-16-10-8-11-17-28/h5,9,12-13,15,18-21,23-25,28,30,39H,4,6,8,10-11,14,16-17,22,26H2,1-3H3,(H,41,42)/t7?,30-/m0/s1. The van der Waals surface area contributed by atoms with Crippen molar-refractivity contribution in [3.63, 3.8) is 0 Å². The maximum Gasteiger partial charge on any atom is 0.338 e. The fourth-order valence-electron chi connectivity index (χ4n) is 6.11. The molecule has 222 valence electrons. The Labute approximate surface area is 251 Å². The average Bonchev–Trinajstić information content (AvgIpc) is 3.01. The molecule has 1 aliphatic rings. The summed E-state index contributed by atoms with van der Waals surface area (Å²) in [5, 5.41) is 13.2. The number of aromatic carboxylic acids is 1. The van der Waals surface area contributed by atoms with Crippen LogP contribution in [0.15, 0.2) is 78.5 Å². The summed E-state index contributed by atoms with van der Waals surface area (Å²) in [7, 11) is 0. The molecular formula is C37H45FN2O2. The number of halogens is 1. The summed E-state index contributed by atoms with van der Waals surface area (Å²) in [6, 6.07) is 19.2. The third-order valence-corrected chi connectivity index (χ3v) is 8.42. The zero-order valence-electron chi connectivity index (χ0n) is 25.3. The van der Waals surface area contributed by atoms with Gasteiger partial charge in [0.2, 0.25) is 0 Å². The molecule has 0 aliphatic heterocycles. The smallest absolute Gasteiger partial charge is 0.338 e. The Kier molecular flexibility index (Phi) is 11.4. The van der Waals surface area contributed by atoms with Crippen LogP contribution in [0.5, 0.6) is 0 Å². The Bertz CT molecular complexity index is 1390. The first kappa shape index (κ1) is 31.1. The zero-order chi connectivity index (χ0) is 29.9. The maximum absolute atomic E-state index is 14.3. The van der Waals surface area contributed by atoms with E-state index in [2.05, 4.69) is 72.3 Å². The first-order valence-electron chi connectivity index (χ1n) is 15.5. The van der Waals surface area contributed by atoms with Gasteiger partial charge in [-0.05, 0) is 98.7 Å². The third-order valence-electron chi connectivity index (χ3n) is 8.42. The molecule has 0 aromatic heterocycles. The van der Waals surface area contributed by atoms with Crippen LogP contribution in [0, 0.1) is 24.6 Å². The summed E-state index contributed by atoms with van der Waals surface area (Å²) < 4.78 is 14.3. The summed E-state index contributed by atoms with van der Waals surface area (Å²) >= 11 is 0. The summed E-state index contributed by atoms with van der Waals surface area (Å²) in [4.78, 5) is 14.2. The van der Waals surface area contributed by atoms with Crippen LogP contribution in [0.1, 0.15) is 81.1 Å². The number of nitrogens with one attached hydrogen (secondary N) is 1. The molecule has 4 rings (SSSR count). The van der Waals surface area contributed by atoms with Crippen molar-refractivity contribution in [2.24, 2.45) is 11.8 Å². The summed E-state index contributed by atoms with van der Waals surface area (Å²) in [5.74, 6) is -1.01. The highest BCUT2D eigenvalue weighted by atomic mass is 19.1. The van der Waals surface area contributed by atoms with Crippen molar-refractivity contribution in [3.8, 4) is 11.1 Å². The van der Waals surface area contributed by atoms with Crippen molar-refractivity contribution < 1.29 is 14.3 Å². The fraction of sp³-hybridized carbons (Fsp3) is 0.405. The predicted octanol–water partition coefficient (Wildman–Crippen LogP) is 10.2. The van der Waals surface area contributed by atoms with Crippen LogP contribution in [0.3, 0.4) is 0 Å². The first-order chi connectivity index (χ1) is 20.4. The van der Waals surface area contributed by atoms with Crippen LogP contribution in [0.25, 0.3) is 11.1 Å². The normalized spacial score (nSPS) is 14.1. The average molecular weight is 569 g/mol. The van der Waals surface area contributed by atoms with Gasteiger partial charge in [0.05, 0.1) is 5.56 Å². The molecule has 1 atom stereocenters. The summed E-state index contributed by atoms with van der Waals surface area (Å²) in [6.07, 6.45) is 13.9. The van der Waals surface area contributed by atoms with E-state index in [4.69, 9.17) is 0 Å². The van der Waals surface area contributed by atoms with Crippen molar-refractivity contribution in [2.75, 3.05) is 23.3 Å². The van der Waals surface area contributed by atoms with E-state index in [1.54, 1.807) is 6.07 Å². The van der Waals surface area contributed by atoms with E-state index in [0.29, 0.717) is 17.4 Å². The fourth-order valence-corrected chi connectivity index (χ4v) is 6.11. The number of hydrogen-bond donors (Lipinski definition) is 2. The van der Waals surface area contributed by atoms with E-state index in [-0.39, 0.29) is 5.56 Å². The van der Waals surface area contributed by atoms with Crippen molar-refractivity contribution in [2.45, 2.75) is 72.1 Å². The number of unbranched alkanes of at least 4 members (excludes halogenated alkanes) is 2. The molecule has 0 heterocycles. The van der Waals surface area contributed by atoms with E-state index in [9.17, 15) is 14.3 Å². The Morgan fingerprint density at radius 3 is 2.55 bits per heavy atom. The van der Waals surface area contributed by atoms with Crippen molar-refractivity contribution >= 4 is 23.0 Å². The lowest BCUT2D eigenvalue weighted by Crippen LogP contribution is -2.30. The van der Waals surface area contributed by atoms with Crippen molar-refractivity contribution in [1.29, 1.82) is 0 Å². The number of rotatable bonds is 13. The number of nitrogens with zero attached hydrogens (tertiary/aromatic N) is 1. The molecule has 42 heavy (non-hydrogen) atoms. The minimum atomic E-state index is -1.27. The van der Waals surface area contributed by atoms with Crippen LogP contribution in [0.4, 0.5) is 21.5 Å². The molecule has 0 radical (unpaired) electrons. The molecule has 0 spiro atoms. The quantitative estimate of drug-likeness (QED) is 0.159. The van der Waals surface area contributed by atoms with Gasteiger partial charge >= 0.3 is 5.97 Å². The van der Waals surface area contributed by atoms with E-state index in [1.807, 2.05) is 19.1 Å². The van der Waals surface area contributed by atoms with E-state index >= 15 is 0 Å². The summed E-state index contributed by atoms with van der Waals surface area (Å²) in [5.41, 5.74) is 8.89. The molecule has 4 nitrogen and oxygen atoms in total. The molecule has 2 N–H and O–H groups in total. The lowest BCUT2D eigenvalue weighted by Gasteiger charge is -2.35. The van der Waals surface area contributed by atoms with Gasteiger partial charge in [0.1, 0.15) is 5.82 Å². The largest absolute Gasteiger partial charge is 0.478 e. The number of anilines is 3. The molecule has 1 aliphatic carbocycles. The molecule has 1 fully saturated rings. The SMILES string of the molecule is CC=C=C[C@@H](CN(c1ccccc1)c1cc(NCCCCC)c(-c2ccc(F)c(C(=O)O)c2)cc1C)C1CCCCC1. The minimum absolute atomic E-state index is 0.317. The second-order valence-electron chi connectivity index (χ2n) is 11.4. The van der Waals surface area contributed by atoms with Gasteiger partial charge in [-0.1, -0.05) is 63.3 Å². The zero-order valence-corrected chi connectivity index (χ0v) is 25.3. The molecule has 3 aromatic rings. The van der Waals surface area contributed by atoms with Gasteiger partial charge < -0.3 is 15.3 Å². The molecule has 0 bridgehead atoms. The second-order valence-corrected chi connectivity index (χ2v) is 11.4. The third kappa shape index (κ3) is 7.92. The van der Waals surface area contributed by atoms with Gasteiger partial charge in [0.15, 0.2) is 0 Å². The van der Waals surface area contributed by atoms with E-state index in [1.165, 1.54) is 44.2 Å². The van der Waals surface area contributed by atoms with Crippen molar-refractivity contribution in [3.05, 3.63) is 95.5 Å². The minimum Gasteiger partial charge on any atom is -0.478 e. The van der Waals surface area contributed by atoms with Gasteiger partial charge in [0, 0.05) is 41.6 Å². The second kappa shape index (κ2) is 15.4. The number of carboxylic acid groups (broad SMARTS) is 1. The van der Waals surface area contributed by atoms with E-state index < -0.39 is 11.8 Å². The van der Waals surface area contributed by atoms with E-state index in [0.717, 1.165) is 60.5 Å². The highest BCUT2D eigenvalue weighted by Gasteiger charge is 2.26. The molecular weight excluding hydrogens is 523 g/mol. The highest BCUT2D eigenvalue weighted by Crippen LogP contribution is 2.40. The number of carboxylic acids is 1. The van der Waals surface area contributed by atoms with Gasteiger partial charge in [-0.3, -0.25) is 0 Å². The Morgan fingerprint density at radius 1 is 1.10 bits per heavy atom. The molecule has 5 heteroatoms. The number of hydrogen-bond acceptors (Lipinski definition) is 3. The molecule has 1 saturated carbocycles. The van der Waals surface area contributed by atoms with Gasteiger partial charge in [-0.25, -0.2) is 9.18 Å². The van der Waals surface area contributed by atoms with Crippen LogP contribution >= 0.6 is 0 Å². The molecule has 0 unspecified atom stereocenters. The molecule has 3 aromatic carbocycles. The topological polar surface area (TPSA) is 52.6 Å². The van der Waals surface area contributed by atoms with Gasteiger partial charge in [-0.2, -0.15) is 0 Å². The Morgan fingerprint density at radius 2 is 1.86 bits per heavy atom. The highest BCUT2D eigenvalue weighted by molar-refractivity contribution is 5.92. The predicted molar refractivity (Wildman–Crippen MR) is 173 cm³/mol.